The largest absolute Gasteiger partial charge is 0.342 e. The molecule has 0 radical (unpaired) electrons. The molecule has 0 aliphatic carbocycles. The molecule has 0 spiro atoms. The Morgan fingerprint density at radius 2 is 1.83 bits per heavy atom. The summed E-state index contributed by atoms with van der Waals surface area (Å²) in [5.74, 6) is 0.113. The van der Waals surface area contributed by atoms with Gasteiger partial charge >= 0.3 is 0 Å². The van der Waals surface area contributed by atoms with E-state index in [2.05, 4.69) is 6.07 Å². The predicted molar refractivity (Wildman–Crippen MR) is 118 cm³/mol. The summed E-state index contributed by atoms with van der Waals surface area (Å²) in [6.07, 6.45) is 2.12. The van der Waals surface area contributed by atoms with Crippen molar-refractivity contribution in [3.63, 3.8) is 0 Å². The maximum atomic E-state index is 13.4. The van der Waals surface area contributed by atoms with Crippen LogP contribution in [0.25, 0.3) is 16.6 Å². The first-order chi connectivity index (χ1) is 14.0. The van der Waals surface area contributed by atoms with Crippen LogP contribution in [0.3, 0.4) is 0 Å². The molecule has 0 unspecified atom stereocenters. The van der Waals surface area contributed by atoms with Gasteiger partial charge in [-0.05, 0) is 57.4 Å². The molecule has 1 saturated heterocycles. The van der Waals surface area contributed by atoms with Crippen molar-refractivity contribution in [2.45, 2.75) is 44.0 Å². The van der Waals surface area contributed by atoms with Gasteiger partial charge in [-0.2, -0.15) is 0 Å². The molecule has 0 bridgehead atoms. The summed E-state index contributed by atoms with van der Waals surface area (Å²) in [5, 5.41) is 0.828. The molecule has 1 amide bonds. The van der Waals surface area contributed by atoms with Crippen LogP contribution in [0.1, 0.15) is 30.9 Å². The van der Waals surface area contributed by atoms with Crippen molar-refractivity contribution in [1.82, 2.24) is 14.5 Å². The van der Waals surface area contributed by atoms with Gasteiger partial charge in [0.2, 0.25) is 5.91 Å². The summed E-state index contributed by atoms with van der Waals surface area (Å²) in [7, 11) is 0. The fourth-order valence-electron chi connectivity index (χ4n) is 3.86. The van der Waals surface area contributed by atoms with Gasteiger partial charge in [0.1, 0.15) is 0 Å². The lowest BCUT2D eigenvalue weighted by Gasteiger charge is -2.21. The molecular weight excluding hydrogens is 382 g/mol. The molecule has 1 aliphatic rings. The van der Waals surface area contributed by atoms with Crippen LogP contribution in [0.4, 0.5) is 0 Å². The number of thioether (sulfide) groups is 1. The average Bonchev–Trinajstić information content (AvgIpc) is 3.23. The first kappa shape index (κ1) is 19.7. The number of fused-ring (bicyclic) bond motifs is 1. The third-order valence-electron chi connectivity index (χ3n) is 5.39. The van der Waals surface area contributed by atoms with E-state index in [9.17, 15) is 9.59 Å². The fraction of sp³-hybridized carbons (Fsp3) is 0.348. The van der Waals surface area contributed by atoms with Gasteiger partial charge < -0.3 is 4.90 Å². The van der Waals surface area contributed by atoms with Crippen molar-refractivity contribution in [3.8, 4) is 5.69 Å². The van der Waals surface area contributed by atoms with Crippen molar-refractivity contribution in [1.29, 1.82) is 0 Å². The van der Waals surface area contributed by atoms with Gasteiger partial charge in [-0.1, -0.05) is 41.6 Å². The van der Waals surface area contributed by atoms with Gasteiger partial charge in [0.05, 0.1) is 21.8 Å². The second-order valence-electron chi connectivity index (χ2n) is 7.63. The Labute approximate surface area is 174 Å². The van der Waals surface area contributed by atoms with E-state index in [1.165, 1.54) is 11.8 Å². The minimum absolute atomic E-state index is 0.106. The number of hydrogen-bond donors (Lipinski definition) is 0. The van der Waals surface area contributed by atoms with Gasteiger partial charge in [-0.3, -0.25) is 14.2 Å². The van der Waals surface area contributed by atoms with Crippen molar-refractivity contribution in [3.05, 3.63) is 63.9 Å². The molecule has 4 rings (SSSR count). The van der Waals surface area contributed by atoms with Gasteiger partial charge in [0.25, 0.3) is 5.56 Å². The van der Waals surface area contributed by atoms with Gasteiger partial charge in [-0.25, -0.2) is 4.98 Å². The molecule has 6 heteroatoms. The number of likely N-dealkylation sites (tertiary alicyclic amines) is 1. The standard InChI is InChI=1S/C23H25N3O2S/c1-15-10-11-20(16(2)14-15)26-22(28)18-8-4-5-9-19(18)24-23(26)29-17(3)21(27)25-12-6-7-13-25/h4-5,8-11,14,17H,6-7,12-13H2,1-3H3/t17-/m1/s1. The Morgan fingerprint density at radius 3 is 2.55 bits per heavy atom. The van der Waals surface area contributed by atoms with E-state index < -0.39 is 0 Å². The molecule has 2 aromatic carbocycles. The van der Waals surface area contributed by atoms with Crippen molar-refractivity contribution in [2.24, 2.45) is 0 Å². The summed E-state index contributed by atoms with van der Waals surface area (Å²) in [5.41, 5.74) is 3.50. The summed E-state index contributed by atoms with van der Waals surface area (Å²) >= 11 is 1.36. The van der Waals surface area contributed by atoms with E-state index in [4.69, 9.17) is 4.98 Å². The molecule has 1 aliphatic heterocycles. The van der Waals surface area contributed by atoms with Gasteiger partial charge in [0, 0.05) is 13.1 Å². The first-order valence-electron chi connectivity index (χ1n) is 10.0. The third kappa shape index (κ3) is 3.81. The molecular formula is C23H25N3O2S. The Bertz CT molecular complexity index is 1130. The summed E-state index contributed by atoms with van der Waals surface area (Å²) in [6, 6.07) is 13.4. The zero-order valence-corrected chi connectivity index (χ0v) is 17.8. The third-order valence-corrected chi connectivity index (χ3v) is 6.43. The number of amides is 1. The molecule has 2 heterocycles. The minimum atomic E-state index is -0.307. The monoisotopic (exact) mass is 407 g/mol. The summed E-state index contributed by atoms with van der Waals surface area (Å²) < 4.78 is 1.66. The van der Waals surface area contributed by atoms with Crippen LogP contribution in [0.5, 0.6) is 0 Å². The summed E-state index contributed by atoms with van der Waals surface area (Å²) in [6.45, 7) is 7.57. The molecule has 0 N–H and O–H groups in total. The normalized spacial score (nSPS) is 15.1. The maximum Gasteiger partial charge on any atom is 0.266 e. The van der Waals surface area contributed by atoms with E-state index in [1.54, 1.807) is 10.6 Å². The number of hydrogen-bond acceptors (Lipinski definition) is 4. The average molecular weight is 408 g/mol. The highest BCUT2D eigenvalue weighted by molar-refractivity contribution is 8.00. The van der Waals surface area contributed by atoms with E-state index in [0.717, 1.165) is 42.7 Å². The van der Waals surface area contributed by atoms with E-state index in [-0.39, 0.29) is 16.7 Å². The minimum Gasteiger partial charge on any atom is -0.342 e. The molecule has 29 heavy (non-hydrogen) atoms. The van der Waals surface area contributed by atoms with E-state index in [1.807, 2.05) is 56.0 Å². The van der Waals surface area contributed by atoms with E-state index in [0.29, 0.717) is 16.1 Å². The van der Waals surface area contributed by atoms with Crippen molar-refractivity contribution < 1.29 is 4.79 Å². The fourth-order valence-corrected chi connectivity index (χ4v) is 4.87. The lowest BCUT2D eigenvalue weighted by Crippen LogP contribution is -2.34. The lowest BCUT2D eigenvalue weighted by molar-refractivity contribution is -0.129. The second kappa shape index (κ2) is 8.03. The SMILES string of the molecule is Cc1ccc(-n2c(S[C@H](C)C(=O)N3CCCC3)nc3ccccc3c2=O)c(C)c1. The van der Waals surface area contributed by atoms with Crippen LogP contribution in [0.15, 0.2) is 52.4 Å². The van der Waals surface area contributed by atoms with Crippen LogP contribution >= 0.6 is 11.8 Å². The number of rotatable bonds is 4. The van der Waals surface area contributed by atoms with Crippen LogP contribution in [-0.2, 0) is 4.79 Å². The molecule has 5 nitrogen and oxygen atoms in total. The van der Waals surface area contributed by atoms with Gasteiger partial charge in [0.15, 0.2) is 5.16 Å². The van der Waals surface area contributed by atoms with Crippen LogP contribution in [0, 0.1) is 13.8 Å². The van der Waals surface area contributed by atoms with Gasteiger partial charge in [-0.15, -0.1) is 0 Å². The van der Waals surface area contributed by atoms with Crippen molar-refractivity contribution >= 4 is 28.6 Å². The number of benzene rings is 2. The Kier molecular flexibility index (Phi) is 5.46. The van der Waals surface area contributed by atoms with Crippen molar-refractivity contribution in [2.75, 3.05) is 13.1 Å². The second-order valence-corrected chi connectivity index (χ2v) is 8.94. The Morgan fingerprint density at radius 1 is 1.10 bits per heavy atom. The predicted octanol–water partition coefficient (Wildman–Crippen LogP) is 4.11. The quantitative estimate of drug-likeness (QED) is 0.483. The molecule has 3 aromatic rings. The molecule has 1 aromatic heterocycles. The summed E-state index contributed by atoms with van der Waals surface area (Å²) in [4.78, 5) is 33.0. The number of para-hydroxylation sites is 1. The molecule has 150 valence electrons. The lowest BCUT2D eigenvalue weighted by atomic mass is 10.1. The zero-order valence-electron chi connectivity index (χ0n) is 17.0. The number of aryl methyl sites for hydroxylation is 2. The highest BCUT2D eigenvalue weighted by atomic mass is 32.2. The number of aromatic nitrogens is 2. The highest BCUT2D eigenvalue weighted by Gasteiger charge is 2.26. The zero-order chi connectivity index (χ0) is 20.5. The number of nitrogens with zero attached hydrogens (tertiary/aromatic N) is 3. The van der Waals surface area contributed by atoms with Crippen LogP contribution < -0.4 is 5.56 Å². The number of carbonyl (C=O) groups is 1. The molecule has 1 atom stereocenters. The Hall–Kier alpha value is -2.60. The molecule has 0 saturated carbocycles. The number of carbonyl (C=O) groups excluding carboxylic acids is 1. The first-order valence-corrected chi connectivity index (χ1v) is 10.9. The van der Waals surface area contributed by atoms with Crippen LogP contribution in [0.2, 0.25) is 0 Å². The van der Waals surface area contributed by atoms with E-state index >= 15 is 0 Å². The smallest absolute Gasteiger partial charge is 0.266 e. The van der Waals surface area contributed by atoms with Crippen LogP contribution in [-0.4, -0.2) is 38.7 Å². The maximum absolute atomic E-state index is 13.4. The topological polar surface area (TPSA) is 55.2 Å². The molecule has 1 fully saturated rings. The Balaban J connectivity index is 1.83. The highest BCUT2D eigenvalue weighted by Crippen LogP contribution is 2.28.